The zero-order valence-electron chi connectivity index (χ0n) is 6.87. The van der Waals surface area contributed by atoms with Gasteiger partial charge in [0.2, 0.25) is 0 Å². The van der Waals surface area contributed by atoms with E-state index in [-0.39, 0.29) is 6.10 Å². The molecule has 2 nitrogen and oxygen atoms in total. The number of epoxide rings is 1. The first-order chi connectivity index (χ1) is 4.61. The normalized spacial score (nSPS) is 34.5. The molecule has 0 aliphatic carbocycles. The molecule has 1 saturated heterocycles. The Bertz CT molecular complexity index is 110. The Morgan fingerprint density at radius 3 is 2.30 bits per heavy atom. The number of hydrogen-bond acceptors (Lipinski definition) is 2. The van der Waals surface area contributed by atoms with Gasteiger partial charge in [0.05, 0.1) is 18.3 Å². The van der Waals surface area contributed by atoms with E-state index < -0.39 is 0 Å². The van der Waals surface area contributed by atoms with Gasteiger partial charge in [0.1, 0.15) is 0 Å². The van der Waals surface area contributed by atoms with Crippen LogP contribution >= 0.6 is 0 Å². The highest BCUT2D eigenvalue weighted by atomic mass is 16.6. The highest BCUT2D eigenvalue weighted by Gasteiger charge is 2.41. The third-order valence-electron chi connectivity index (χ3n) is 1.85. The van der Waals surface area contributed by atoms with Crippen molar-refractivity contribution in [2.45, 2.75) is 45.5 Å². The summed E-state index contributed by atoms with van der Waals surface area (Å²) in [6, 6.07) is 0. The number of hydrogen-bond donors (Lipinski definition) is 1. The fourth-order valence-corrected chi connectivity index (χ4v) is 1.27. The van der Waals surface area contributed by atoms with Crippen LogP contribution in [0.3, 0.4) is 0 Å². The van der Waals surface area contributed by atoms with Crippen LogP contribution in [0.2, 0.25) is 0 Å². The highest BCUT2D eigenvalue weighted by molar-refractivity contribution is 4.87. The second kappa shape index (κ2) is 2.89. The van der Waals surface area contributed by atoms with Crippen LogP contribution in [-0.2, 0) is 4.74 Å². The molecule has 1 N–H and O–H groups in total. The van der Waals surface area contributed by atoms with E-state index in [4.69, 9.17) is 9.84 Å². The summed E-state index contributed by atoms with van der Waals surface area (Å²) in [5.74, 6) is 0.601. The van der Waals surface area contributed by atoms with Crippen LogP contribution in [0.15, 0.2) is 0 Å². The molecule has 2 heteroatoms. The second-order valence-electron chi connectivity index (χ2n) is 3.47. The van der Waals surface area contributed by atoms with Gasteiger partial charge in [0.25, 0.3) is 0 Å². The molecule has 3 atom stereocenters. The molecule has 0 aromatic rings. The minimum absolute atomic E-state index is 0.214. The number of aliphatic hydroxyl groups excluding tert-OH is 1. The van der Waals surface area contributed by atoms with Crippen LogP contribution in [-0.4, -0.2) is 23.4 Å². The lowest BCUT2D eigenvalue weighted by atomic mass is 10.1. The quantitative estimate of drug-likeness (QED) is 0.603. The molecule has 1 heterocycles. The molecular weight excluding hydrogens is 128 g/mol. The maximum Gasteiger partial charge on any atom is 0.0869 e. The van der Waals surface area contributed by atoms with Crippen molar-refractivity contribution in [3.8, 4) is 0 Å². The van der Waals surface area contributed by atoms with Gasteiger partial charge in [-0.2, -0.15) is 0 Å². The molecule has 10 heavy (non-hydrogen) atoms. The Kier molecular flexibility index (Phi) is 2.32. The van der Waals surface area contributed by atoms with Crippen LogP contribution in [0.25, 0.3) is 0 Å². The summed E-state index contributed by atoms with van der Waals surface area (Å²) in [4.78, 5) is 0. The molecule has 1 aliphatic heterocycles. The highest BCUT2D eigenvalue weighted by Crippen LogP contribution is 2.32. The Morgan fingerprint density at radius 2 is 2.00 bits per heavy atom. The predicted molar refractivity (Wildman–Crippen MR) is 39.8 cm³/mol. The van der Waals surface area contributed by atoms with E-state index >= 15 is 0 Å². The zero-order chi connectivity index (χ0) is 7.72. The molecule has 0 spiro atoms. The van der Waals surface area contributed by atoms with Gasteiger partial charge in [-0.3, -0.25) is 0 Å². The van der Waals surface area contributed by atoms with Crippen molar-refractivity contribution in [3.05, 3.63) is 0 Å². The Balaban J connectivity index is 2.13. The third-order valence-corrected chi connectivity index (χ3v) is 1.85. The average Bonchev–Trinajstić information content (AvgIpc) is 2.43. The summed E-state index contributed by atoms with van der Waals surface area (Å²) in [5, 5.41) is 8.98. The first-order valence-electron chi connectivity index (χ1n) is 3.94. The van der Waals surface area contributed by atoms with Gasteiger partial charge < -0.3 is 9.84 Å². The minimum Gasteiger partial charge on any atom is -0.393 e. The van der Waals surface area contributed by atoms with E-state index in [2.05, 4.69) is 13.8 Å². The lowest BCUT2D eigenvalue weighted by Gasteiger charge is -1.99. The summed E-state index contributed by atoms with van der Waals surface area (Å²) < 4.78 is 5.33. The first-order valence-corrected chi connectivity index (χ1v) is 3.94. The summed E-state index contributed by atoms with van der Waals surface area (Å²) in [6.07, 6.45) is 1.33. The molecule has 0 saturated carbocycles. The third kappa shape index (κ3) is 1.96. The summed E-state index contributed by atoms with van der Waals surface area (Å²) in [5.41, 5.74) is 0. The first kappa shape index (κ1) is 8.02. The number of aliphatic hydroxyl groups is 1. The molecule has 0 amide bonds. The van der Waals surface area contributed by atoms with E-state index in [1.54, 1.807) is 6.92 Å². The SMILES string of the molecule is CC(C)[C@H]1O[C@H]1C[C@@H](C)O. The standard InChI is InChI=1S/C8H16O2/c1-5(2)8-7(10-8)4-6(3)9/h5-9H,4H2,1-3H3/t6-,7+,8-/m1/s1. The van der Waals surface area contributed by atoms with Gasteiger partial charge in [0.15, 0.2) is 0 Å². The van der Waals surface area contributed by atoms with Gasteiger partial charge in [-0.05, 0) is 12.8 Å². The van der Waals surface area contributed by atoms with Crippen molar-refractivity contribution in [1.29, 1.82) is 0 Å². The van der Waals surface area contributed by atoms with Crippen LogP contribution in [0.5, 0.6) is 0 Å². The van der Waals surface area contributed by atoms with Gasteiger partial charge in [0, 0.05) is 6.42 Å². The van der Waals surface area contributed by atoms with Gasteiger partial charge >= 0.3 is 0 Å². The molecule has 0 radical (unpaired) electrons. The van der Waals surface area contributed by atoms with Gasteiger partial charge in [-0.1, -0.05) is 13.8 Å². The van der Waals surface area contributed by atoms with Crippen molar-refractivity contribution < 1.29 is 9.84 Å². The predicted octanol–water partition coefficient (Wildman–Crippen LogP) is 1.18. The van der Waals surface area contributed by atoms with Crippen molar-refractivity contribution in [2.75, 3.05) is 0 Å². The van der Waals surface area contributed by atoms with Crippen LogP contribution < -0.4 is 0 Å². The van der Waals surface area contributed by atoms with Crippen molar-refractivity contribution >= 4 is 0 Å². The summed E-state index contributed by atoms with van der Waals surface area (Å²) in [6.45, 7) is 6.10. The van der Waals surface area contributed by atoms with E-state index in [1.165, 1.54) is 0 Å². The molecule has 1 fully saturated rings. The molecule has 1 rings (SSSR count). The largest absolute Gasteiger partial charge is 0.393 e. The van der Waals surface area contributed by atoms with Crippen molar-refractivity contribution in [2.24, 2.45) is 5.92 Å². The van der Waals surface area contributed by atoms with E-state index in [0.29, 0.717) is 18.1 Å². The number of rotatable bonds is 3. The topological polar surface area (TPSA) is 32.8 Å². The molecule has 0 aromatic heterocycles. The summed E-state index contributed by atoms with van der Waals surface area (Å²) in [7, 11) is 0. The Morgan fingerprint density at radius 1 is 1.40 bits per heavy atom. The van der Waals surface area contributed by atoms with Crippen LogP contribution in [0.4, 0.5) is 0 Å². The summed E-state index contributed by atoms with van der Waals surface area (Å²) >= 11 is 0. The molecule has 0 unspecified atom stereocenters. The minimum atomic E-state index is -0.214. The maximum absolute atomic E-state index is 8.98. The van der Waals surface area contributed by atoms with Crippen LogP contribution in [0, 0.1) is 5.92 Å². The van der Waals surface area contributed by atoms with Gasteiger partial charge in [-0.15, -0.1) is 0 Å². The number of ether oxygens (including phenoxy) is 1. The molecule has 0 aromatic carbocycles. The zero-order valence-corrected chi connectivity index (χ0v) is 6.87. The van der Waals surface area contributed by atoms with Crippen LogP contribution in [0.1, 0.15) is 27.2 Å². The lowest BCUT2D eigenvalue weighted by Crippen LogP contribution is -2.09. The molecule has 0 bridgehead atoms. The smallest absolute Gasteiger partial charge is 0.0869 e. The second-order valence-corrected chi connectivity index (χ2v) is 3.47. The van der Waals surface area contributed by atoms with E-state index in [9.17, 15) is 0 Å². The van der Waals surface area contributed by atoms with E-state index in [1.807, 2.05) is 0 Å². The Labute approximate surface area is 62.2 Å². The Hall–Kier alpha value is -0.0800. The fraction of sp³-hybridized carbons (Fsp3) is 1.00. The molecular formula is C8H16O2. The molecule has 1 aliphatic rings. The lowest BCUT2D eigenvalue weighted by molar-refractivity contribution is 0.170. The van der Waals surface area contributed by atoms with Crippen molar-refractivity contribution in [3.63, 3.8) is 0 Å². The van der Waals surface area contributed by atoms with Crippen molar-refractivity contribution in [1.82, 2.24) is 0 Å². The maximum atomic E-state index is 8.98. The molecule has 60 valence electrons. The van der Waals surface area contributed by atoms with Gasteiger partial charge in [-0.25, -0.2) is 0 Å². The average molecular weight is 144 g/mol. The van der Waals surface area contributed by atoms with E-state index in [0.717, 1.165) is 6.42 Å². The fourth-order valence-electron chi connectivity index (χ4n) is 1.27. The monoisotopic (exact) mass is 144 g/mol.